The Morgan fingerprint density at radius 1 is 0.906 bits per heavy atom. The summed E-state index contributed by atoms with van der Waals surface area (Å²) in [6.45, 7) is 11.8. The van der Waals surface area contributed by atoms with Gasteiger partial charge in [0.25, 0.3) is 8.32 Å². The van der Waals surface area contributed by atoms with Crippen LogP contribution in [0.15, 0.2) is 72.6 Å². The molecule has 4 nitrogen and oxygen atoms in total. The van der Waals surface area contributed by atoms with Crippen LogP contribution in [-0.4, -0.2) is 28.1 Å². The molecule has 1 aliphatic rings. The molecule has 2 aromatic rings. The smallest absolute Gasteiger partial charge is 0.353 e. The van der Waals surface area contributed by atoms with Crippen molar-refractivity contribution in [1.29, 1.82) is 0 Å². The Labute approximate surface area is 194 Å². The standard InChI is InChI=1S/C26H37O4PSi/c1-6-28-31(27,29-7-2)21-20-26(18-19-26)22-30-32(25(3,4)5,23-14-10-8-11-15-23)24-16-12-9-13-17-24/h8-17,20-21H,6-7,18-19,22H2,1-5H3/b21-20+. The van der Waals surface area contributed by atoms with E-state index >= 15 is 0 Å². The Hall–Kier alpha value is -1.49. The Bertz CT molecular complexity index is 884. The second-order valence-corrected chi connectivity index (χ2v) is 15.7. The van der Waals surface area contributed by atoms with Crippen LogP contribution < -0.4 is 10.4 Å². The van der Waals surface area contributed by atoms with Crippen LogP contribution in [0.2, 0.25) is 5.04 Å². The highest BCUT2D eigenvalue weighted by Gasteiger charge is 2.52. The van der Waals surface area contributed by atoms with Crippen LogP contribution in [0.5, 0.6) is 0 Å². The molecule has 32 heavy (non-hydrogen) atoms. The minimum atomic E-state index is -3.21. The number of rotatable bonds is 11. The van der Waals surface area contributed by atoms with Crippen molar-refractivity contribution in [2.75, 3.05) is 19.8 Å². The van der Waals surface area contributed by atoms with Crippen LogP contribution in [0.25, 0.3) is 0 Å². The monoisotopic (exact) mass is 472 g/mol. The zero-order chi connectivity index (χ0) is 23.3. The highest BCUT2D eigenvalue weighted by molar-refractivity contribution is 7.57. The zero-order valence-corrected chi connectivity index (χ0v) is 21.9. The van der Waals surface area contributed by atoms with Gasteiger partial charge in [-0.1, -0.05) is 87.5 Å². The average Bonchev–Trinajstić information content (AvgIpc) is 3.54. The lowest BCUT2D eigenvalue weighted by atomic mass is 10.1. The van der Waals surface area contributed by atoms with Crippen LogP contribution in [0, 0.1) is 5.41 Å². The van der Waals surface area contributed by atoms with Gasteiger partial charge in [-0.2, -0.15) is 0 Å². The first-order chi connectivity index (χ1) is 15.2. The molecule has 0 saturated heterocycles. The van der Waals surface area contributed by atoms with Gasteiger partial charge in [-0.3, -0.25) is 4.57 Å². The maximum Gasteiger partial charge on any atom is 0.353 e. The van der Waals surface area contributed by atoms with E-state index in [4.69, 9.17) is 13.5 Å². The quantitative estimate of drug-likeness (QED) is 0.292. The molecule has 1 fully saturated rings. The lowest BCUT2D eigenvalue weighted by Crippen LogP contribution is -2.67. The van der Waals surface area contributed by atoms with Crippen LogP contribution in [0.3, 0.4) is 0 Å². The molecule has 0 radical (unpaired) electrons. The van der Waals surface area contributed by atoms with Gasteiger partial charge in [0, 0.05) is 17.8 Å². The van der Waals surface area contributed by atoms with Gasteiger partial charge in [0.2, 0.25) is 0 Å². The SMILES string of the molecule is CCOP(=O)(/C=C/C1(CO[Si](c2ccccc2)(c2ccccc2)C(C)(C)C)CC1)OCC. The summed E-state index contributed by atoms with van der Waals surface area (Å²) in [4.78, 5) is 0. The first kappa shape index (κ1) is 25.1. The van der Waals surface area contributed by atoms with E-state index in [9.17, 15) is 4.57 Å². The molecule has 0 amide bonds. The van der Waals surface area contributed by atoms with E-state index in [0.29, 0.717) is 19.8 Å². The van der Waals surface area contributed by atoms with Crippen molar-refractivity contribution in [2.24, 2.45) is 5.41 Å². The molecular formula is C26H37O4PSi. The molecule has 0 bridgehead atoms. The first-order valence-corrected chi connectivity index (χ1v) is 15.1. The average molecular weight is 473 g/mol. The van der Waals surface area contributed by atoms with Crippen LogP contribution in [0.1, 0.15) is 47.5 Å². The predicted octanol–water partition coefficient (Wildman–Crippen LogP) is 6.12. The molecule has 1 aliphatic carbocycles. The number of hydrogen-bond acceptors (Lipinski definition) is 4. The summed E-state index contributed by atoms with van der Waals surface area (Å²) in [7, 11) is -5.80. The summed E-state index contributed by atoms with van der Waals surface area (Å²) in [6.07, 6.45) is 4.05. The zero-order valence-electron chi connectivity index (χ0n) is 20.0. The van der Waals surface area contributed by atoms with Crippen LogP contribution in [-0.2, 0) is 18.0 Å². The first-order valence-electron chi connectivity index (χ1n) is 11.5. The number of hydrogen-bond donors (Lipinski definition) is 0. The molecule has 0 N–H and O–H groups in total. The molecule has 0 aliphatic heterocycles. The van der Waals surface area contributed by atoms with Gasteiger partial charge in [-0.05, 0) is 42.1 Å². The van der Waals surface area contributed by atoms with Gasteiger partial charge in [0.1, 0.15) is 0 Å². The van der Waals surface area contributed by atoms with E-state index in [1.54, 1.807) is 5.82 Å². The third-order valence-electron chi connectivity index (χ3n) is 6.11. The van der Waals surface area contributed by atoms with Gasteiger partial charge in [-0.25, -0.2) is 0 Å². The summed E-state index contributed by atoms with van der Waals surface area (Å²) < 4.78 is 30.9. The lowest BCUT2D eigenvalue weighted by Gasteiger charge is -2.43. The molecular weight excluding hydrogens is 435 g/mol. The molecule has 1 saturated carbocycles. The molecule has 0 spiro atoms. The molecule has 6 heteroatoms. The van der Waals surface area contributed by atoms with Crippen molar-refractivity contribution in [3.05, 3.63) is 72.6 Å². The van der Waals surface area contributed by atoms with Crippen LogP contribution >= 0.6 is 7.60 Å². The van der Waals surface area contributed by atoms with Crippen molar-refractivity contribution >= 4 is 26.3 Å². The Balaban J connectivity index is 1.95. The Morgan fingerprint density at radius 3 is 1.75 bits per heavy atom. The van der Waals surface area contributed by atoms with E-state index in [0.717, 1.165) is 12.8 Å². The Kier molecular flexibility index (Phi) is 8.00. The van der Waals surface area contributed by atoms with Gasteiger partial charge in [0.15, 0.2) is 0 Å². The fourth-order valence-corrected chi connectivity index (χ4v) is 10.4. The summed E-state index contributed by atoms with van der Waals surface area (Å²) >= 11 is 0. The minimum absolute atomic E-state index is 0.0680. The largest absolute Gasteiger partial charge is 0.407 e. The molecule has 2 aromatic carbocycles. The third kappa shape index (κ3) is 5.52. The van der Waals surface area contributed by atoms with Crippen molar-refractivity contribution in [3.63, 3.8) is 0 Å². The number of benzene rings is 2. The summed E-state index contributed by atoms with van der Waals surface area (Å²) in [5.74, 6) is 1.65. The Morgan fingerprint density at radius 2 is 1.38 bits per heavy atom. The van der Waals surface area contributed by atoms with Gasteiger partial charge in [0.05, 0.1) is 13.2 Å². The van der Waals surface area contributed by atoms with Gasteiger partial charge < -0.3 is 13.5 Å². The highest BCUT2D eigenvalue weighted by Crippen LogP contribution is 2.55. The summed E-state index contributed by atoms with van der Waals surface area (Å²) in [5, 5.41) is 2.47. The summed E-state index contributed by atoms with van der Waals surface area (Å²) in [5.41, 5.74) is -0.114. The molecule has 0 aromatic heterocycles. The summed E-state index contributed by atoms with van der Waals surface area (Å²) in [6, 6.07) is 21.3. The van der Waals surface area contributed by atoms with E-state index in [-0.39, 0.29) is 10.5 Å². The van der Waals surface area contributed by atoms with Gasteiger partial charge in [-0.15, -0.1) is 0 Å². The molecule has 0 atom stereocenters. The third-order valence-corrected chi connectivity index (χ3v) is 12.8. The second kappa shape index (κ2) is 10.2. The van der Waals surface area contributed by atoms with E-state index in [1.807, 2.05) is 19.9 Å². The van der Waals surface area contributed by atoms with Crippen molar-refractivity contribution in [3.8, 4) is 0 Å². The van der Waals surface area contributed by atoms with Crippen LogP contribution in [0.4, 0.5) is 0 Å². The fourth-order valence-electron chi connectivity index (χ4n) is 4.27. The van der Waals surface area contributed by atoms with Crippen molar-refractivity contribution < 1.29 is 18.0 Å². The normalized spacial score (nSPS) is 16.4. The lowest BCUT2D eigenvalue weighted by molar-refractivity contribution is 0.227. The molecule has 3 rings (SSSR count). The maximum absolute atomic E-state index is 12.9. The molecule has 0 heterocycles. The van der Waals surface area contributed by atoms with Crippen molar-refractivity contribution in [1.82, 2.24) is 0 Å². The topological polar surface area (TPSA) is 44.8 Å². The maximum atomic E-state index is 12.9. The van der Waals surface area contributed by atoms with E-state index in [2.05, 4.69) is 81.4 Å². The second-order valence-electron chi connectivity index (χ2n) is 9.51. The van der Waals surface area contributed by atoms with E-state index < -0.39 is 15.9 Å². The van der Waals surface area contributed by atoms with E-state index in [1.165, 1.54) is 10.4 Å². The highest BCUT2D eigenvalue weighted by atomic mass is 31.2. The fraction of sp³-hybridized carbons (Fsp3) is 0.462. The molecule has 174 valence electrons. The van der Waals surface area contributed by atoms with Gasteiger partial charge >= 0.3 is 7.60 Å². The molecule has 0 unspecified atom stereocenters. The minimum Gasteiger partial charge on any atom is -0.407 e. The van der Waals surface area contributed by atoms with Crippen molar-refractivity contribution in [2.45, 2.75) is 52.5 Å². The predicted molar refractivity (Wildman–Crippen MR) is 135 cm³/mol.